The van der Waals surface area contributed by atoms with Gasteiger partial charge in [0.2, 0.25) is 11.8 Å². The fourth-order valence-corrected chi connectivity index (χ4v) is 4.88. The van der Waals surface area contributed by atoms with Gasteiger partial charge in [-0.2, -0.15) is 0 Å². The fourth-order valence-electron chi connectivity index (χ4n) is 4.88. The van der Waals surface area contributed by atoms with Gasteiger partial charge in [0.15, 0.2) is 5.58 Å². The molecule has 2 N–H and O–H groups in total. The molecule has 0 bridgehead atoms. The molecule has 1 saturated carbocycles. The monoisotopic (exact) mass is 501 g/mol. The molecule has 10 heteroatoms. The standard InChI is InChI=1S/C27H31N7O3/c1-28-25-20-12-29-24(32-26(35)16-4-5-16)11-19(20)21(13-30-25)27-31-22-10-17(6-7-23(22)37-27)34-9-8-33(2)14-18(15-34)36-3/h6-7,10-13,16,18H,4-5,8-9,14-15H2,1-3H3,(H,28,30)(H,29,32,35). The number of nitrogens with zero attached hydrogens (tertiary/aromatic N) is 5. The molecular weight excluding hydrogens is 470 g/mol. The average molecular weight is 502 g/mol. The molecule has 0 radical (unpaired) electrons. The maximum Gasteiger partial charge on any atom is 0.229 e. The van der Waals surface area contributed by atoms with E-state index in [1.54, 1.807) is 19.5 Å². The highest BCUT2D eigenvalue weighted by Gasteiger charge is 2.30. The van der Waals surface area contributed by atoms with E-state index in [4.69, 9.17) is 14.1 Å². The summed E-state index contributed by atoms with van der Waals surface area (Å²) < 4.78 is 11.9. The molecule has 3 aromatic heterocycles. The highest BCUT2D eigenvalue weighted by molar-refractivity contribution is 6.03. The zero-order valence-corrected chi connectivity index (χ0v) is 21.3. The van der Waals surface area contributed by atoms with Crippen LogP contribution >= 0.6 is 0 Å². The lowest BCUT2D eigenvalue weighted by Gasteiger charge is -2.25. The zero-order valence-electron chi connectivity index (χ0n) is 21.3. The van der Waals surface area contributed by atoms with Gasteiger partial charge in [0.1, 0.15) is 17.2 Å². The summed E-state index contributed by atoms with van der Waals surface area (Å²) in [5.41, 5.74) is 3.32. The number of hydrogen-bond acceptors (Lipinski definition) is 9. The van der Waals surface area contributed by atoms with E-state index < -0.39 is 0 Å². The molecule has 1 amide bonds. The molecule has 1 aliphatic carbocycles. The number of pyridine rings is 2. The number of benzene rings is 1. The number of rotatable bonds is 6. The number of carbonyl (C=O) groups is 1. The van der Waals surface area contributed by atoms with Crippen molar-refractivity contribution in [2.24, 2.45) is 5.92 Å². The molecule has 1 aliphatic heterocycles. The summed E-state index contributed by atoms with van der Waals surface area (Å²) in [5, 5.41) is 7.73. The van der Waals surface area contributed by atoms with E-state index in [0.717, 1.165) is 66.6 Å². The van der Waals surface area contributed by atoms with Crippen LogP contribution in [-0.2, 0) is 9.53 Å². The number of ether oxygens (including phenoxy) is 1. The molecule has 6 rings (SSSR count). The first-order valence-corrected chi connectivity index (χ1v) is 12.7. The van der Waals surface area contributed by atoms with Gasteiger partial charge in [0.05, 0.1) is 11.7 Å². The smallest absolute Gasteiger partial charge is 0.229 e. The second-order valence-electron chi connectivity index (χ2n) is 9.89. The van der Waals surface area contributed by atoms with Crippen molar-refractivity contribution in [3.8, 4) is 11.5 Å². The van der Waals surface area contributed by atoms with Gasteiger partial charge < -0.3 is 29.6 Å². The number of aromatic nitrogens is 3. The Morgan fingerprint density at radius 2 is 1.97 bits per heavy atom. The van der Waals surface area contributed by atoms with Gasteiger partial charge in [-0.25, -0.2) is 15.0 Å². The first kappa shape index (κ1) is 23.6. The number of likely N-dealkylation sites (N-methyl/N-ethyl adjacent to an activating group) is 1. The number of amides is 1. The van der Waals surface area contributed by atoms with Gasteiger partial charge in [0.25, 0.3) is 0 Å². The van der Waals surface area contributed by atoms with Gasteiger partial charge in [-0.15, -0.1) is 0 Å². The van der Waals surface area contributed by atoms with Crippen LogP contribution in [-0.4, -0.2) is 79.2 Å². The van der Waals surface area contributed by atoms with Gasteiger partial charge >= 0.3 is 0 Å². The lowest BCUT2D eigenvalue weighted by molar-refractivity contribution is -0.117. The molecule has 1 atom stereocenters. The molecule has 1 unspecified atom stereocenters. The van der Waals surface area contributed by atoms with Crippen LogP contribution in [0.4, 0.5) is 17.3 Å². The van der Waals surface area contributed by atoms with E-state index in [2.05, 4.69) is 49.6 Å². The van der Waals surface area contributed by atoms with Crippen LogP contribution in [0.2, 0.25) is 0 Å². The molecule has 10 nitrogen and oxygen atoms in total. The highest BCUT2D eigenvalue weighted by atomic mass is 16.5. The van der Waals surface area contributed by atoms with E-state index in [1.807, 2.05) is 19.2 Å². The van der Waals surface area contributed by atoms with Crippen molar-refractivity contribution in [2.45, 2.75) is 18.9 Å². The van der Waals surface area contributed by atoms with Crippen LogP contribution in [0, 0.1) is 5.92 Å². The lowest BCUT2D eigenvalue weighted by atomic mass is 10.1. The predicted molar refractivity (Wildman–Crippen MR) is 144 cm³/mol. The third-order valence-corrected chi connectivity index (χ3v) is 7.20. The van der Waals surface area contributed by atoms with Gasteiger partial charge in [0, 0.05) is 75.1 Å². The minimum Gasteiger partial charge on any atom is -0.436 e. The summed E-state index contributed by atoms with van der Waals surface area (Å²) in [6.45, 7) is 3.60. The summed E-state index contributed by atoms with van der Waals surface area (Å²) in [5.74, 6) is 1.79. The van der Waals surface area contributed by atoms with E-state index >= 15 is 0 Å². The van der Waals surface area contributed by atoms with Crippen molar-refractivity contribution < 1.29 is 13.9 Å². The van der Waals surface area contributed by atoms with Crippen LogP contribution in [0.1, 0.15) is 12.8 Å². The van der Waals surface area contributed by atoms with Crippen LogP contribution in [0.25, 0.3) is 33.3 Å². The van der Waals surface area contributed by atoms with Crippen molar-refractivity contribution in [3.63, 3.8) is 0 Å². The minimum atomic E-state index is 0.0149. The lowest BCUT2D eigenvalue weighted by Crippen LogP contribution is -2.34. The first-order chi connectivity index (χ1) is 18.0. The van der Waals surface area contributed by atoms with Gasteiger partial charge in [-0.3, -0.25) is 4.79 Å². The number of hydrogen-bond donors (Lipinski definition) is 2. The minimum absolute atomic E-state index is 0.0149. The second kappa shape index (κ2) is 9.60. The van der Waals surface area contributed by atoms with E-state index in [9.17, 15) is 4.79 Å². The Bertz CT molecular complexity index is 1470. The van der Waals surface area contributed by atoms with Gasteiger partial charge in [-0.05, 0) is 44.2 Å². The summed E-state index contributed by atoms with van der Waals surface area (Å²) >= 11 is 0. The van der Waals surface area contributed by atoms with Crippen LogP contribution in [0.5, 0.6) is 0 Å². The maximum atomic E-state index is 12.3. The topological polar surface area (TPSA) is 109 Å². The number of methoxy groups -OCH3 is 1. The Kier molecular flexibility index (Phi) is 6.13. The number of anilines is 3. The van der Waals surface area contributed by atoms with Crippen molar-refractivity contribution in [1.82, 2.24) is 19.9 Å². The quantitative estimate of drug-likeness (QED) is 0.410. The first-order valence-electron chi connectivity index (χ1n) is 12.7. The highest BCUT2D eigenvalue weighted by Crippen LogP contribution is 2.35. The van der Waals surface area contributed by atoms with E-state index in [1.165, 1.54) is 0 Å². The normalized spacial score (nSPS) is 18.8. The molecule has 192 valence electrons. The Balaban J connectivity index is 1.37. The van der Waals surface area contributed by atoms with Crippen LogP contribution in [0.15, 0.2) is 41.1 Å². The molecule has 0 spiro atoms. The Hall–Kier alpha value is -3.76. The van der Waals surface area contributed by atoms with Crippen LogP contribution < -0.4 is 15.5 Å². The number of nitrogens with one attached hydrogen (secondary N) is 2. The molecule has 2 fully saturated rings. The number of carbonyl (C=O) groups excluding carboxylic acids is 1. The fraction of sp³-hybridized carbons (Fsp3) is 0.407. The zero-order chi connectivity index (χ0) is 25.5. The summed E-state index contributed by atoms with van der Waals surface area (Å²) in [6, 6.07) is 7.98. The van der Waals surface area contributed by atoms with Crippen LogP contribution in [0.3, 0.4) is 0 Å². The summed E-state index contributed by atoms with van der Waals surface area (Å²) in [7, 11) is 5.71. The average Bonchev–Trinajstić information content (AvgIpc) is 3.71. The third-order valence-electron chi connectivity index (χ3n) is 7.20. The van der Waals surface area contributed by atoms with Gasteiger partial charge in [-0.1, -0.05) is 0 Å². The molecule has 2 aliphatic rings. The molecule has 1 saturated heterocycles. The summed E-state index contributed by atoms with van der Waals surface area (Å²) in [4.78, 5) is 30.8. The summed E-state index contributed by atoms with van der Waals surface area (Å²) in [6.07, 6.45) is 5.49. The second-order valence-corrected chi connectivity index (χ2v) is 9.89. The van der Waals surface area contributed by atoms with E-state index in [-0.39, 0.29) is 17.9 Å². The van der Waals surface area contributed by atoms with E-state index in [0.29, 0.717) is 23.1 Å². The number of oxazole rings is 1. The molecular formula is C27H31N7O3. The van der Waals surface area contributed by atoms with Crippen molar-refractivity contribution in [3.05, 3.63) is 36.7 Å². The Morgan fingerprint density at radius 3 is 2.76 bits per heavy atom. The van der Waals surface area contributed by atoms with Crippen molar-refractivity contribution in [2.75, 3.05) is 62.9 Å². The number of fused-ring (bicyclic) bond motifs is 2. The SMILES string of the molecule is CNc1ncc(-c2nc3cc(N4CCN(C)CC(OC)C4)ccc3o2)c2cc(NC(=O)C3CC3)ncc12. The largest absolute Gasteiger partial charge is 0.436 e. The van der Waals surface area contributed by atoms with Crippen molar-refractivity contribution in [1.29, 1.82) is 0 Å². The maximum absolute atomic E-state index is 12.3. The van der Waals surface area contributed by atoms with Crippen molar-refractivity contribution >= 4 is 45.1 Å². The molecule has 4 aromatic rings. The Labute approximate surface area is 215 Å². The predicted octanol–water partition coefficient (Wildman–Crippen LogP) is 3.60. The molecule has 1 aromatic carbocycles. The molecule has 37 heavy (non-hydrogen) atoms. The molecule has 4 heterocycles. The third kappa shape index (κ3) is 4.70. The Morgan fingerprint density at radius 1 is 1.11 bits per heavy atom.